The summed E-state index contributed by atoms with van der Waals surface area (Å²) in [5.74, 6) is -2.06. The molecule has 0 saturated carbocycles. The largest absolute Gasteiger partial charge is 0.493 e. The van der Waals surface area contributed by atoms with Gasteiger partial charge in [0.25, 0.3) is 0 Å². The fourth-order valence-corrected chi connectivity index (χ4v) is 7.95. The first-order valence-corrected chi connectivity index (χ1v) is 22.8. The van der Waals surface area contributed by atoms with E-state index in [1.807, 2.05) is 84.9 Å². The van der Waals surface area contributed by atoms with Crippen molar-refractivity contribution in [2.24, 2.45) is 34.0 Å². The van der Waals surface area contributed by atoms with Crippen LogP contribution in [-0.4, -0.2) is 61.7 Å². The molecular formula is C53H65N5O7. The second kappa shape index (κ2) is 26.3. The number of aliphatic imine (C=N–C) groups is 1. The normalized spacial score (nSPS) is 12.5. The molecule has 5 aromatic rings. The number of hydrogen-bond donors (Lipinski definition) is 4. The van der Waals surface area contributed by atoms with Crippen LogP contribution in [0.25, 0.3) is 32.7 Å². The maximum absolute atomic E-state index is 14.2. The predicted octanol–water partition coefficient (Wildman–Crippen LogP) is 8.75. The number of carbonyl (C=O) groups excluding carboxylic acids is 4. The van der Waals surface area contributed by atoms with Crippen LogP contribution in [0.15, 0.2) is 121 Å². The van der Waals surface area contributed by atoms with Gasteiger partial charge in [-0.1, -0.05) is 123 Å². The molecule has 12 nitrogen and oxygen atoms in total. The number of unbranched alkanes of at least 4 members (excludes halogenated alkanes) is 3. The Bertz CT molecular complexity index is 2380. The molecule has 1 amide bonds. The average molecular weight is 884 g/mol. The lowest BCUT2D eigenvalue weighted by Crippen LogP contribution is -2.45. The van der Waals surface area contributed by atoms with Crippen molar-refractivity contribution in [2.45, 2.75) is 90.2 Å². The van der Waals surface area contributed by atoms with Gasteiger partial charge < -0.3 is 36.7 Å². The van der Waals surface area contributed by atoms with Crippen LogP contribution in [-0.2, 0) is 30.5 Å². The Labute approximate surface area is 383 Å². The van der Waals surface area contributed by atoms with E-state index in [4.69, 9.17) is 31.4 Å². The Hall–Kier alpha value is -6.53. The first-order chi connectivity index (χ1) is 31.6. The van der Waals surface area contributed by atoms with Gasteiger partial charge in [-0.2, -0.15) is 0 Å². The van der Waals surface area contributed by atoms with E-state index in [2.05, 4.69) is 42.0 Å². The molecule has 0 aliphatic carbocycles. The molecule has 12 heteroatoms. The quantitative estimate of drug-likeness (QED) is 0.0118. The third-order valence-corrected chi connectivity index (χ3v) is 11.4. The van der Waals surface area contributed by atoms with Crippen molar-refractivity contribution in [1.29, 1.82) is 0 Å². The highest BCUT2D eigenvalue weighted by atomic mass is 16.5. The van der Waals surface area contributed by atoms with Crippen LogP contribution in [0.1, 0.15) is 83.1 Å². The third kappa shape index (κ3) is 15.0. The van der Waals surface area contributed by atoms with E-state index in [1.54, 1.807) is 6.08 Å². The number of allylic oxidation sites excluding steroid dienone is 1. The lowest BCUT2D eigenvalue weighted by Gasteiger charge is -2.23. The Morgan fingerprint density at radius 3 is 2.00 bits per heavy atom. The zero-order chi connectivity index (χ0) is 46.4. The van der Waals surface area contributed by atoms with Gasteiger partial charge in [-0.05, 0) is 84.3 Å². The van der Waals surface area contributed by atoms with Gasteiger partial charge in [0.2, 0.25) is 5.91 Å². The molecule has 344 valence electrons. The maximum Gasteiger partial charge on any atom is 0.310 e. The molecule has 5 aromatic carbocycles. The Morgan fingerprint density at radius 1 is 0.723 bits per heavy atom. The summed E-state index contributed by atoms with van der Waals surface area (Å²) >= 11 is 0. The van der Waals surface area contributed by atoms with Crippen LogP contribution < -0.4 is 32.0 Å². The van der Waals surface area contributed by atoms with E-state index >= 15 is 0 Å². The van der Waals surface area contributed by atoms with Crippen LogP contribution in [0.5, 0.6) is 11.5 Å². The van der Waals surface area contributed by atoms with Gasteiger partial charge in [0.15, 0.2) is 17.5 Å². The minimum Gasteiger partial charge on any atom is -0.493 e. The molecule has 0 aliphatic heterocycles. The number of nitrogens with two attached hydrogens (primary N) is 3. The van der Waals surface area contributed by atoms with Gasteiger partial charge in [-0.3, -0.25) is 24.2 Å². The van der Waals surface area contributed by atoms with Gasteiger partial charge in [-0.15, -0.1) is 6.58 Å². The molecule has 3 atom stereocenters. The third-order valence-electron chi connectivity index (χ3n) is 11.4. The summed E-state index contributed by atoms with van der Waals surface area (Å²) in [7, 11) is 0. The number of ether oxygens (including phenoxy) is 3. The lowest BCUT2D eigenvalue weighted by molar-refractivity contribution is -0.151. The number of amides is 1. The molecule has 0 fully saturated rings. The highest BCUT2D eigenvalue weighted by molar-refractivity contribution is 6.10. The molecule has 65 heavy (non-hydrogen) atoms. The number of hydrogen-bond acceptors (Lipinski definition) is 9. The molecule has 0 unspecified atom stereocenters. The molecule has 7 N–H and O–H groups in total. The molecule has 0 radical (unpaired) electrons. The molecule has 0 bridgehead atoms. The molecular weight excluding hydrogens is 819 g/mol. The first kappa shape index (κ1) is 49.5. The van der Waals surface area contributed by atoms with E-state index in [-0.39, 0.29) is 63.0 Å². The number of fused-ring (bicyclic) bond motifs is 2. The van der Waals surface area contributed by atoms with E-state index < -0.39 is 29.8 Å². The van der Waals surface area contributed by atoms with Crippen molar-refractivity contribution in [3.05, 3.63) is 121 Å². The minimum atomic E-state index is -0.978. The zero-order valence-corrected chi connectivity index (χ0v) is 37.7. The number of esters is 1. The fourth-order valence-electron chi connectivity index (χ4n) is 7.95. The van der Waals surface area contributed by atoms with Crippen LogP contribution in [0.2, 0.25) is 0 Å². The number of ketones is 2. The van der Waals surface area contributed by atoms with E-state index in [9.17, 15) is 19.2 Å². The smallest absolute Gasteiger partial charge is 0.310 e. The van der Waals surface area contributed by atoms with Crippen molar-refractivity contribution in [3.63, 3.8) is 0 Å². The minimum absolute atomic E-state index is 0.0579. The Kier molecular flexibility index (Phi) is 20.0. The first-order valence-electron chi connectivity index (χ1n) is 22.8. The highest BCUT2D eigenvalue weighted by Crippen LogP contribution is 2.45. The monoisotopic (exact) mass is 883 g/mol. The predicted molar refractivity (Wildman–Crippen MR) is 259 cm³/mol. The molecule has 0 aromatic heterocycles. The van der Waals surface area contributed by atoms with Crippen LogP contribution in [0.4, 0.5) is 0 Å². The number of nitrogens with zero attached hydrogens (tertiary/aromatic N) is 1. The SMILES string of the molecule is C=CC[C@H](CC(=O)[C@@H](CCCN=C(N)N)NC(=O)[C@@H](CCCCN)CC(=O)COc1ccc2ccccc2c1-c1c(OCCCCC)ccc2ccccc12)C(=O)OCc1ccccc1. The van der Waals surface area contributed by atoms with Crippen LogP contribution in [0, 0.1) is 11.8 Å². The summed E-state index contributed by atoms with van der Waals surface area (Å²) in [6, 6.07) is 32.4. The summed E-state index contributed by atoms with van der Waals surface area (Å²) in [5, 5.41) is 6.92. The molecule has 0 saturated heterocycles. The van der Waals surface area contributed by atoms with Crippen LogP contribution in [0.3, 0.4) is 0 Å². The molecule has 0 heterocycles. The van der Waals surface area contributed by atoms with E-state index in [0.29, 0.717) is 44.6 Å². The fraction of sp³-hybridized carbons (Fsp3) is 0.377. The summed E-state index contributed by atoms with van der Waals surface area (Å²) in [6.45, 7) is 6.92. The van der Waals surface area contributed by atoms with Crippen molar-refractivity contribution in [2.75, 3.05) is 26.3 Å². The summed E-state index contributed by atoms with van der Waals surface area (Å²) in [6.07, 6.45) is 6.70. The molecule has 5 rings (SSSR count). The van der Waals surface area contributed by atoms with Gasteiger partial charge >= 0.3 is 5.97 Å². The summed E-state index contributed by atoms with van der Waals surface area (Å²) < 4.78 is 18.5. The number of Topliss-reactive ketones (excluding diaryl/α,β-unsaturated/α-hetero) is 2. The summed E-state index contributed by atoms with van der Waals surface area (Å²) in [5.41, 5.74) is 19.4. The Balaban J connectivity index is 1.36. The highest BCUT2D eigenvalue weighted by Gasteiger charge is 2.31. The number of carbonyl (C=O) groups is 4. The lowest BCUT2D eigenvalue weighted by atomic mass is 9.91. The molecule has 0 aliphatic rings. The second-order valence-corrected chi connectivity index (χ2v) is 16.4. The van der Waals surface area contributed by atoms with E-state index in [0.717, 1.165) is 63.2 Å². The topological polar surface area (TPSA) is 198 Å². The van der Waals surface area contributed by atoms with Gasteiger partial charge in [0, 0.05) is 36.4 Å². The number of benzene rings is 5. The molecule has 0 spiro atoms. The van der Waals surface area contributed by atoms with Crippen molar-refractivity contribution in [1.82, 2.24) is 5.32 Å². The van der Waals surface area contributed by atoms with Gasteiger partial charge in [-0.25, -0.2) is 0 Å². The van der Waals surface area contributed by atoms with Crippen LogP contribution >= 0.6 is 0 Å². The second-order valence-electron chi connectivity index (χ2n) is 16.4. The van der Waals surface area contributed by atoms with Gasteiger partial charge in [0.1, 0.15) is 24.7 Å². The van der Waals surface area contributed by atoms with E-state index in [1.165, 1.54) is 0 Å². The van der Waals surface area contributed by atoms with Crippen molar-refractivity contribution < 1.29 is 33.4 Å². The van der Waals surface area contributed by atoms with Crippen molar-refractivity contribution in [3.8, 4) is 22.6 Å². The number of guanidine groups is 1. The standard InChI is InChI=1S/C53H65N5O7/c1-3-5-15-32-63-47-28-26-38-20-9-11-23-43(38)49(47)50-44-24-12-10-21-39(44)27-29-48(50)64-36-42(59)33-40(22-13-14-30-54)51(61)58-45(25-16-31-57-53(55)56)46(60)34-41(17-4-2)52(62)65-35-37-18-7-6-8-19-37/h4,6-12,18-21,23-24,26-29,40-41,45H,2-3,5,13-17,22,25,30-36,54H2,1H3,(H,58,61)(H4,55,56,57)/t40-,41+,45+/m0/s1. The zero-order valence-electron chi connectivity index (χ0n) is 37.7. The van der Waals surface area contributed by atoms with Crippen molar-refractivity contribution >= 4 is 50.9 Å². The summed E-state index contributed by atoms with van der Waals surface area (Å²) in [4.78, 5) is 59.5. The Morgan fingerprint density at radius 2 is 1.37 bits per heavy atom. The number of rotatable bonds is 29. The average Bonchev–Trinajstić information content (AvgIpc) is 3.31. The number of nitrogens with one attached hydrogen (secondary N) is 1. The van der Waals surface area contributed by atoms with Gasteiger partial charge in [0.05, 0.1) is 18.6 Å². The maximum atomic E-state index is 14.2.